The minimum absolute atomic E-state index is 0.195. The van der Waals surface area contributed by atoms with Gasteiger partial charge in [0.15, 0.2) is 0 Å². The molecule has 4 nitrogen and oxygen atoms in total. The Morgan fingerprint density at radius 2 is 1.69 bits per heavy atom. The Labute approximate surface area is 155 Å². The maximum Gasteiger partial charge on any atom is 0.411 e. The molecule has 0 saturated carbocycles. The SMILES string of the molecule is CCOC(=O)N1CCCCC1OCc1ccc(-c2ccc(C)cc2)cc1. The maximum absolute atomic E-state index is 12.1. The first-order chi connectivity index (χ1) is 12.7. The number of likely N-dealkylation sites (tertiary alicyclic amines) is 1. The first-order valence-corrected chi connectivity index (χ1v) is 9.38. The molecular formula is C22H27NO3. The lowest BCUT2D eigenvalue weighted by atomic mass is 10.0. The van der Waals surface area contributed by atoms with E-state index in [0.29, 0.717) is 19.8 Å². The molecule has 1 aliphatic heterocycles. The van der Waals surface area contributed by atoms with Gasteiger partial charge in [0.2, 0.25) is 0 Å². The summed E-state index contributed by atoms with van der Waals surface area (Å²) in [5, 5.41) is 0. The number of hydrogen-bond donors (Lipinski definition) is 0. The van der Waals surface area contributed by atoms with Crippen LogP contribution in [-0.2, 0) is 16.1 Å². The first-order valence-electron chi connectivity index (χ1n) is 9.38. The molecule has 1 unspecified atom stereocenters. The van der Waals surface area contributed by atoms with Crippen LogP contribution < -0.4 is 0 Å². The van der Waals surface area contributed by atoms with Gasteiger partial charge in [-0.15, -0.1) is 0 Å². The number of carbonyl (C=O) groups excluding carboxylic acids is 1. The minimum atomic E-state index is -0.271. The molecule has 1 amide bonds. The highest BCUT2D eigenvalue weighted by Crippen LogP contribution is 2.23. The maximum atomic E-state index is 12.1. The molecule has 1 atom stereocenters. The van der Waals surface area contributed by atoms with Crippen LogP contribution in [0.3, 0.4) is 0 Å². The van der Waals surface area contributed by atoms with E-state index >= 15 is 0 Å². The molecule has 1 saturated heterocycles. The molecule has 0 N–H and O–H groups in total. The number of piperidine rings is 1. The fourth-order valence-corrected chi connectivity index (χ4v) is 3.22. The standard InChI is InChI=1S/C22H27NO3/c1-3-25-22(24)23-15-5-4-6-21(23)26-16-18-9-13-20(14-10-18)19-11-7-17(2)8-12-19/h7-14,21H,3-6,15-16H2,1-2H3. The van der Waals surface area contributed by atoms with Gasteiger partial charge in [0.25, 0.3) is 0 Å². The van der Waals surface area contributed by atoms with E-state index < -0.39 is 0 Å². The van der Waals surface area contributed by atoms with Crippen LogP contribution >= 0.6 is 0 Å². The summed E-state index contributed by atoms with van der Waals surface area (Å²) in [6.45, 7) is 5.51. The second-order valence-electron chi connectivity index (χ2n) is 6.72. The number of benzene rings is 2. The fraction of sp³-hybridized carbons (Fsp3) is 0.409. The smallest absolute Gasteiger partial charge is 0.411 e. The van der Waals surface area contributed by atoms with Gasteiger partial charge in [-0.3, -0.25) is 4.90 Å². The van der Waals surface area contributed by atoms with Gasteiger partial charge in [0.1, 0.15) is 6.23 Å². The summed E-state index contributed by atoms with van der Waals surface area (Å²) in [4.78, 5) is 13.8. The molecule has 0 aliphatic carbocycles. The zero-order valence-corrected chi connectivity index (χ0v) is 15.6. The van der Waals surface area contributed by atoms with E-state index in [-0.39, 0.29) is 12.3 Å². The van der Waals surface area contributed by atoms with Crippen LogP contribution in [0, 0.1) is 6.92 Å². The van der Waals surface area contributed by atoms with Crippen LogP contribution in [0.5, 0.6) is 0 Å². The quantitative estimate of drug-likeness (QED) is 0.746. The normalized spacial score (nSPS) is 17.2. The second kappa shape index (κ2) is 8.86. The topological polar surface area (TPSA) is 38.8 Å². The monoisotopic (exact) mass is 353 g/mol. The van der Waals surface area contributed by atoms with Crippen molar-refractivity contribution in [1.82, 2.24) is 4.90 Å². The highest BCUT2D eigenvalue weighted by molar-refractivity contribution is 5.68. The predicted molar refractivity (Wildman–Crippen MR) is 103 cm³/mol. The van der Waals surface area contributed by atoms with Gasteiger partial charge < -0.3 is 9.47 Å². The highest BCUT2D eigenvalue weighted by Gasteiger charge is 2.28. The zero-order chi connectivity index (χ0) is 18.4. The van der Waals surface area contributed by atoms with Crippen molar-refractivity contribution >= 4 is 6.09 Å². The Kier molecular flexibility index (Phi) is 6.29. The van der Waals surface area contributed by atoms with Crippen LogP contribution in [0.1, 0.15) is 37.3 Å². The van der Waals surface area contributed by atoms with Crippen molar-refractivity contribution in [2.24, 2.45) is 0 Å². The van der Waals surface area contributed by atoms with Crippen molar-refractivity contribution in [1.29, 1.82) is 0 Å². The van der Waals surface area contributed by atoms with Gasteiger partial charge in [-0.25, -0.2) is 4.79 Å². The summed E-state index contributed by atoms with van der Waals surface area (Å²) >= 11 is 0. The molecule has 1 fully saturated rings. The van der Waals surface area contributed by atoms with Gasteiger partial charge in [-0.2, -0.15) is 0 Å². The molecule has 1 aliphatic rings. The van der Waals surface area contributed by atoms with Crippen molar-refractivity contribution in [2.45, 2.75) is 45.9 Å². The lowest BCUT2D eigenvalue weighted by Crippen LogP contribution is -2.45. The van der Waals surface area contributed by atoms with Gasteiger partial charge in [-0.1, -0.05) is 54.1 Å². The predicted octanol–water partition coefficient (Wildman–Crippen LogP) is 5.15. The Morgan fingerprint density at radius 3 is 2.35 bits per heavy atom. The highest BCUT2D eigenvalue weighted by atomic mass is 16.6. The van der Waals surface area contributed by atoms with Gasteiger partial charge >= 0.3 is 6.09 Å². The van der Waals surface area contributed by atoms with E-state index in [4.69, 9.17) is 9.47 Å². The molecule has 26 heavy (non-hydrogen) atoms. The summed E-state index contributed by atoms with van der Waals surface area (Å²) in [6.07, 6.45) is 2.48. The molecule has 138 valence electrons. The molecule has 2 aromatic carbocycles. The molecule has 0 aromatic heterocycles. The minimum Gasteiger partial charge on any atom is -0.450 e. The Bertz CT molecular complexity index is 709. The van der Waals surface area contributed by atoms with Crippen molar-refractivity contribution in [3.8, 4) is 11.1 Å². The summed E-state index contributed by atoms with van der Waals surface area (Å²) < 4.78 is 11.2. The molecule has 0 bridgehead atoms. The van der Waals surface area contributed by atoms with Crippen LogP contribution in [0.25, 0.3) is 11.1 Å². The van der Waals surface area contributed by atoms with Crippen molar-refractivity contribution in [2.75, 3.05) is 13.2 Å². The number of amides is 1. The average molecular weight is 353 g/mol. The second-order valence-corrected chi connectivity index (χ2v) is 6.72. The number of nitrogens with zero attached hydrogens (tertiary/aromatic N) is 1. The molecular weight excluding hydrogens is 326 g/mol. The van der Waals surface area contributed by atoms with Gasteiger partial charge in [-0.05, 0) is 49.8 Å². The third kappa shape index (κ3) is 4.64. The van der Waals surface area contributed by atoms with E-state index in [9.17, 15) is 4.79 Å². The Balaban J connectivity index is 1.60. The summed E-state index contributed by atoms with van der Waals surface area (Å²) in [6, 6.07) is 16.9. The number of carbonyl (C=O) groups is 1. The fourth-order valence-electron chi connectivity index (χ4n) is 3.22. The number of hydrogen-bond acceptors (Lipinski definition) is 3. The Hall–Kier alpha value is -2.33. The van der Waals surface area contributed by atoms with E-state index in [1.54, 1.807) is 4.90 Å². The zero-order valence-electron chi connectivity index (χ0n) is 15.6. The lowest BCUT2D eigenvalue weighted by molar-refractivity contribution is -0.0788. The van der Waals surface area contributed by atoms with Crippen LogP contribution in [0.15, 0.2) is 48.5 Å². The lowest BCUT2D eigenvalue weighted by Gasteiger charge is -2.34. The van der Waals surface area contributed by atoms with Crippen LogP contribution in [-0.4, -0.2) is 30.4 Å². The first kappa shape index (κ1) is 18.5. The van der Waals surface area contributed by atoms with E-state index in [2.05, 4.69) is 55.5 Å². The third-order valence-electron chi connectivity index (χ3n) is 4.73. The number of aryl methyl sites for hydroxylation is 1. The molecule has 0 radical (unpaired) electrons. The Morgan fingerprint density at radius 1 is 1.04 bits per heavy atom. The van der Waals surface area contributed by atoms with Crippen molar-refractivity contribution < 1.29 is 14.3 Å². The van der Waals surface area contributed by atoms with Crippen molar-refractivity contribution in [3.05, 3.63) is 59.7 Å². The largest absolute Gasteiger partial charge is 0.450 e. The van der Waals surface area contributed by atoms with Crippen LogP contribution in [0.2, 0.25) is 0 Å². The summed E-state index contributed by atoms with van der Waals surface area (Å²) in [5.74, 6) is 0. The molecule has 2 aromatic rings. The van der Waals surface area contributed by atoms with Gasteiger partial charge in [0.05, 0.1) is 13.2 Å². The third-order valence-corrected chi connectivity index (χ3v) is 4.73. The molecule has 1 heterocycles. The molecule has 0 spiro atoms. The number of rotatable bonds is 5. The van der Waals surface area contributed by atoms with E-state index in [1.165, 1.54) is 16.7 Å². The average Bonchev–Trinajstić information content (AvgIpc) is 2.68. The van der Waals surface area contributed by atoms with Crippen LogP contribution in [0.4, 0.5) is 4.79 Å². The van der Waals surface area contributed by atoms with E-state index in [0.717, 1.165) is 24.8 Å². The number of ether oxygens (including phenoxy) is 2. The van der Waals surface area contributed by atoms with E-state index in [1.807, 2.05) is 6.92 Å². The van der Waals surface area contributed by atoms with Crippen molar-refractivity contribution in [3.63, 3.8) is 0 Å². The summed E-state index contributed by atoms with van der Waals surface area (Å²) in [5.41, 5.74) is 4.77. The molecule has 4 heteroatoms. The van der Waals surface area contributed by atoms with Gasteiger partial charge in [0, 0.05) is 6.54 Å². The summed E-state index contributed by atoms with van der Waals surface area (Å²) in [7, 11) is 0. The molecule has 3 rings (SSSR count).